The number of aliphatic imine (C=N–C) groups is 1. The molecule has 2 aromatic rings. The van der Waals surface area contributed by atoms with Crippen LogP contribution in [0.3, 0.4) is 0 Å². The molecule has 0 radical (unpaired) electrons. The molecule has 0 spiro atoms. The molecule has 1 aliphatic rings. The van der Waals surface area contributed by atoms with Gasteiger partial charge < -0.3 is 14.5 Å². The molecule has 0 bridgehead atoms. The SMILES string of the molecule is O=C(O)c1cc(-c2ccccc2N2C=NCC2)no1. The molecule has 1 aromatic carbocycles. The molecule has 0 amide bonds. The highest BCUT2D eigenvalue weighted by atomic mass is 16.5. The molecule has 1 aliphatic heterocycles. The van der Waals surface area contributed by atoms with Crippen LogP contribution >= 0.6 is 0 Å². The van der Waals surface area contributed by atoms with Crippen molar-refractivity contribution >= 4 is 18.0 Å². The number of nitrogens with zero attached hydrogens (tertiary/aromatic N) is 3. The molecule has 0 aliphatic carbocycles. The summed E-state index contributed by atoms with van der Waals surface area (Å²) in [6.07, 6.45) is 1.77. The highest BCUT2D eigenvalue weighted by Crippen LogP contribution is 2.30. The van der Waals surface area contributed by atoms with E-state index in [1.807, 2.05) is 29.2 Å². The van der Waals surface area contributed by atoms with Gasteiger partial charge in [0.1, 0.15) is 5.69 Å². The minimum Gasteiger partial charge on any atom is -0.475 e. The van der Waals surface area contributed by atoms with Crippen molar-refractivity contribution in [3.8, 4) is 11.3 Å². The third kappa shape index (κ3) is 2.08. The predicted octanol–water partition coefficient (Wildman–Crippen LogP) is 1.89. The Morgan fingerprint density at radius 3 is 2.89 bits per heavy atom. The van der Waals surface area contributed by atoms with Gasteiger partial charge in [-0.05, 0) is 6.07 Å². The van der Waals surface area contributed by atoms with Crippen LogP contribution in [0.4, 0.5) is 5.69 Å². The molecule has 6 heteroatoms. The molecule has 0 saturated carbocycles. The largest absolute Gasteiger partial charge is 0.475 e. The third-order valence-electron chi connectivity index (χ3n) is 2.90. The van der Waals surface area contributed by atoms with E-state index in [2.05, 4.69) is 10.1 Å². The molecule has 96 valence electrons. The maximum atomic E-state index is 10.8. The van der Waals surface area contributed by atoms with Crippen molar-refractivity contribution in [1.29, 1.82) is 0 Å². The van der Waals surface area contributed by atoms with Crippen molar-refractivity contribution in [1.82, 2.24) is 5.16 Å². The van der Waals surface area contributed by atoms with Crippen LogP contribution in [0.25, 0.3) is 11.3 Å². The number of aromatic carboxylic acids is 1. The third-order valence-corrected chi connectivity index (χ3v) is 2.90. The topological polar surface area (TPSA) is 78.9 Å². The number of rotatable bonds is 3. The standard InChI is InChI=1S/C13H11N3O3/c17-13(18)12-7-10(15-19-12)9-3-1-2-4-11(9)16-6-5-14-8-16/h1-4,7-8H,5-6H2,(H,17,18). The van der Waals surface area contributed by atoms with E-state index >= 15 is 0 Å². The summed E-state index contributed by atoms with van der Waals surface area (Å²) in [6.45, 7) is 1.56. The van der Waals surface area contributed by atoms with Crippen LogP contribution in [0.15, 0.2) is 39.8 Å². The van der Waals surface area contributed by atoms with Gasteiger partial charge in [-0.3, -0.25) is 4.99 Å². The maximum Gasteiger partial charge on any atom is 0.374 e. The molecular formula is C13H11N3O3. The average molecular weight is 257 g/mol. The number of carboxylic acids is 1. The van der Waals surface area contributed by atoms with Crippen molar-refractivity contribution in [2.24, 2.45) is 4.99 Å². The number of anilines is 1. The molecular weight excluding hydrogens is 246 g/mol. The summed E-state index contributed by atoms with van der Waals surface area (Å²) in [5.41, 5.74) is 2.27. The Bertz CT molecular complexity index is 648. The number of hydrogen-bond acceptors (Lipinski definition) is 5. The normalized spacial score (nSPS) is 14.0. The monoisotopic (exact) mass is 257 g/mol. The molecule has 0 atom stereocenters. The zero-order valence-corrected chi connectivity index (χ0v) is 9.98. The van der Waals surface area contributed by atoms with E-state index in [0.717, 1.165) is 24.3 Å². The fourth-order valence-corrected chi connectivity index (χ4v) is 2.01. The van der Waals surface area contributed by atoms with Crippen LogP contribution in [0.5, 0.6) is 0 Å². The van der Waals surface area contributed by atoms with Gasteiger partial charge >= 0.3 is 5.97 Å². The second-order valence-corrected chi connectivity index (χ2v) is 4.11. The van der Waals surface area contributed by atoms with Crippen LogP contribution in [0, 0.1) is 0 Å². The van der Waals surface area contributed by atoms with Gasteiger partial charge in [0.15, 0.2) is 0 Å². The van der Waals surface area contributed by atoms with Gasteiger partial charge in [-0.2, -0.15) is 0 Å². The molecule has 1 aromatic heterocycles. The van der Waals surface area contributed by atoms with Crippen LogP contribution in [0.1, 0.15) is 10.6 Å². The zero-order valence-electron chi connectivity index (χ0n) is 9.98. The van der Waals surface area contributed by atoms with E-state index in [0.29, 0.717) is 5.69 Å². The molecule has 0 fully saturated rings. The molecule has 0 saturated heterocycles. The van der Waals surface area contributed by atoms with Crippen molar-refractivity contribution in [3.63, 3.8) is 0 Å². The second-order valence-electron chi connectivity index (χ2n) is 4.11. The van der Waals surface area contributed by atoms with Crippen molar-refractivity contribution in [3.05, 3.63) is 36.1 Å². The van der Waals surface area contributed by atoms with Gasteiger partial charge in [-0.1, -0.05) is 23.4 Å². The second kappa shape index (κ2) is 4.56. The Labute approximate surface area is 109 Å². The van der Waals surface area contributed by atoms with Gasteiger partial charge in [0, 0.05) is 18.2 Å². The number of benzene rings is 1. The van der Waals surface area contributed by atoms with Crippen LogP contribution in [-0.2, 0) is 0 Å². The summed E-state index contributed by atoms with van der Waals surface area (Å²) >= 11 is 0. The number of carboxylic acid groups (broad SMARTS) is 1. The van der Waals surface area contributed by atoms with E-state index in [-0.39, 0.29) is 5.76 Å². The molecule has 19 heavy (non-hydrogen) atoms. The number of hydrogen-bond donors (Lipinski definition) is 1. The number of aromatic nitrogens is 1. The Morgan fingerprint density at radius 2 is 2.21 bits per heavy atom. The Kier molecular flexibility index (Phi) is 2.75. The maximum absolute atomic E-state index is 10.8. The average Bonchev–Trinajstić information content (AvgIpc) is 3.10. The van der Waals surface area contributed by atoms with Gasteiger partial charge in [-0.15, -0.1) is 0 Å². The van der Waals surface area contributed by atoms with Gasteiger partial charge in [0.25, 0.3) is 0 Å². The lowest BCUT2D eigenvalue weighted by molar-refractivity contribution is 0.0652. The van der Waals surface area contributed by atoms with Gasteiger partial charge in [0.05, 0.1) is 18.6 Å². The van der Waals surface area contributed by atoms with Crippen molar-refractivity contribution in [2.45, 2.75) is 0 Å². The van der Waals surface area contributed by atoms with Crippen LogP contribution in [0.2, 0.25) is 0 Å². The fourth-order valence-electron chi connectivity index (χ4n) is 2.01. The molecule has 2 heterocycles. The quantitative estimate of drug-likeness (QED) is 0.908. The minimum absolute atomic E-state index is 0.167. The lowest BCUT2D eigenvalue weighted by Gasteiger charge is -2.16. The van der Waals surface area contributed by atoms with E-state index in [9.17, 15) is 4.79 Å². The van der Waals surface area contributed by atoms with Crippen molar-refractivity contribution < 1.29 is 14.4 Å². The fraction of sp³-hybridized carbons (Fsp3) is 0.154. The summed E-state index contributed by atoms with van der Waals surface area (Å²) in [4.78, 5) is 17.0. The molecule has 1 N–H and O–H groups in total. The first-order chi connectivity index (χ1) is 9.25. The molecule has 6 nitrogen and oxygen atoms in total. The lowest BCUT2D eigenvalue weighted by Crippen LogP contribution is -2.18. The molecule has 0 unspecified atom stereocenters. The van der Waals surface area contributed by atoms with E-state index in [1.165, 1.54) is 6.07 Å². The summed E-state index contributed by atoms with van der Waals surface area (Å²) in [5.74, 6) is -1.29. The van der Waals surface area contributed by atoms with E-state index in [4.69, 9.17) is 9.63 Å². The number of para-hydroxylation sites is 1. The summed E-state index contributed by atoms with van der Waals surface area (Å²) in [7, 11) is 0. The van der Waals surface area contributed by atoms with Gasteiger partial charge in [0.2, 0.25) is 5.76 Å². The zero-order chi connectivity index (χ0) is 13.2. The Morgan fingerprint density at radius 1 is 1.37 bits per heavy atom. The van der Waals surface area contributed by atoms with E-state index < -0.39 is 5.97 Å². The smallest absolute Gasteiger partial charge is 0.374 e. The summed E-state index contributed by atoms with van der Waals surface area (Å²) in [6, 6.07) is 9.05. The van der Waals surface area contributed by atoms with Gasteiger partial charge in [-0.25, -0.2) is 4.79 Å². The first-order valence-corrected chi connectivity index (χ1v) is 5.82. The lowest BCUT2D eigenvalue weighted by atomic mass is 10.1. The van der Waals surface area contributed by atoms with Crippen molar-refractivity contribution in [2.75, 3.05) is 18.0 Å². The summed E-state index contributed by atoms with van der Waals surface area (Å²) in [5, 5.41) is 12.7. The van der Waals surface area contributed by atoms with E-state index in [1.54, 1.807) is 6.34 Å². The molecule has 3 rings (SSSR count). The predicted molar refractivity (Wildman–Crippen MR) is 69.6 cm³/mol. The highest BCUT2D eigenvalue weighted by molar-refractivity contribution is 5.91. The highest BCUT2D eigenvalue weighted by Gasteiger charge is 2.18. The van der Waals surface area contributed by atoms with Crippen LogP contribution in [-0.4, -0.2) is 35.7 Å². The minimum atomic E-state index is -1.13. The number of carbonyl (C=O) groups is 1. The summed E-state index contributed by atoms with van der Waals surface area (Å²) < 4.78 is 4.80. The first kappa shape index (κ1) is 11.5. The van der Waals surface area contributed by atoms with Crippen LogP contribution < -0.4 is 4.90 Å². The Balaban J connectivity index is 2.03. The Hall–Kier alpha value is -2.63. The first-order valence-electron chi connectivity index (χ1n) is 5.82.